The van der Waals surface area contributed by atoms with Crippen LogP contribution < -0.4 is 10.6 Å². The van der Waals surface area contributed by atoms with Gasteiger partial charge in [-0.05, 0) is 60.4 Å². The zero-order valence-corrected chi connectivity index (χ0v) is 15.6. The molecule has 0 spiro atoms. The van der Waals surface area contributed by atoms with E-state index in [1.165, 1.54) is 0 Å². The highest BCUT2D eigenvalue weighted by Crippen LogP contribution is 2.19. The Labute approximate surface area is 164 Å². The molecule has 1 aromatic heterocycles. The minimum Gasteiger partial charge on any atom is -0.352 e. The minimum atomic E-state index is -0.0264. The molecule has 0 unspecified atom stereocenters. The number of amides is 2. The first kappa shape index (κ1) is 18.0. The Hall–Kier alpha value is -3.34. The zero-order valence-electron chi connectivity index (χ0n) is 15.6. The summed E-state index contributed by atoms with van der Waals surface area (Å²) in [5, 5.41) is 5.91. The standard InChI is InChI=1S/C23H23N3O2/c27-22(15-17-5-11-21(12-6-17)26-13-1-2-14-26)24-16-18-3-7-19(8-4-18)23(28)25-20-9-10-20/h1-8,11-14,20H,9-10,15-16H2,(H,24,27)(H,25,28). The second kappa shape index (κ2) is 8.13. The Morgan fingerprint density at radius 3 is 2.18 bits per heavy atom. The summed E-state index contributed by atoms with van der Waals surface area (Å²) < 4.78 is 2.03. The smallest absolute Gasteiger partial charge is 0.251 e. The Balaban J connectivity index is 1.26. The number of carbonyl (C=O) groups is 2. The van der Waals surface area contributed by atoms with Crippen molar-refractivity contribution in [1.82, 2.24) is 15.2 Å². The van der Waals surface area contributed by atoms with E-state index in [9.17, 15) is 9.59 Å². The monoisotopic (exact) mass is 373 g/mol. The van der Waals surface area contributed by atoms with Crippen LogP contribution in [0.2, 0.25) is 0 Å². The van der Waals surface area contributed by atoms with Crippen molar-refractivity contribution >= 4 is 11.8 Å². The van der Waals surface area contributed by atoms with Crippen LogP contribution in [0.15, 0.2) is 73.1 Å². The molecule has 142 valence electrons. The van der Waals surface area contributed by atoms with Crippen LogP contribution in [0, 0.1) is 0 Å². The van der Waals surface area contributed by atoms with Gasteiger partial charge in [0, 0.05) is 36.2 Å². The maximum absolute atomic E-state index is 12.2. The maximum atomic E-state index is 12.2. The lowest BCUT2D eigenvalue weighted by atomic mass is 10.1. The molecule has 3 aromatic rings. The fourth-order valence-electron chi connectivity index (χ4n) is 3.01. The van der Waals surface area contributed by atoms with Crippen LogP contribution >= 0.6 is 0 Å². The van der Waals surface area contributed by atoms with Gasteiger partial charge in [0.2, 0.25) is 5.91 Å². The third kappa shape index (κ3) is 4.68. The lowest BCUT2D eigenvalue weighted by Crippen LogP contribution is -2.26. The molecule has 1 heterocycles. The van der Waals surface area contributed by atoms with E-state index in [2.05, 4.69) is 10.6 Å². The summed E-state index contributed by atoms with van der Waals surface area (Å²) in [4.78, 5) is 24.2. The second-order valence-corrected chi connectivity index (χ2v) is 7.15. The lowest BCUT2D eigenvalue weighted by Gasteiger charge is -2.08. The van der Waals surface area contributed by atoms with Crippen LogP contribution in [-0.2, 0) is 17.8 Å². The molecule has 1 aliphatic rings. The van der Waals surface area contributed by atoms with Crippen molar-refractivity contribution in [2.24, 2.45) is 0 Å². The summed E-state index contributed by atoms with van der Waals surface area (Å²) in [6.45, 7) is 0.449. The average Bonchev–Trinajstić information content (AvgIpc) is 3.36. The number of hydrogen-bond acceptors (Lipinski definition) is 2. The van der Waals surface area contributed by atoms with Crippen LogP contribution in [0.3, 0.4) is 0 Å². The third-order valence-electron chi connectivity index (χ3n) is 4.82. The third-order valence-corrected chi connectivity index (χ3v) is 4.82. The lowest BCUT2D eigenvalue weighted by molar-refractivity contribution is -0.120. The molecule has 1 saturated carbocycles. The van der Waals surface area contributed by atoms with Gasteiger partial charge in [0.05, 0.1) is 6.42 Å². The van der Waals surface area contributed by atoms with E-state index in [0.717, 1.165) is 29.7 Å². The molecule has 28 heavy (non-hydrogen) atoms. The Morgan fingerprint density at radius 2 is 1.54 bits per heavy atom. The molecule has 4 rings (SSSR count). The molecule has 0 radical (unpaired) electrons. The zero-order chi connectivity index (χ0) is 19.3. The molecule has 2 amide bonds. The van der Waals surface area contributed by atoms with Crippen molar-refractivity contribution in [2.45, 2.75) is 31.8 Å². The quantitative estimate of drug-likeness (QED) is 0.668. The molecular formula is C23H23N3O2. The summed E-state index contributed by atoms with van der Waals surface area (Å²) >= 11 is 0. The molecule has 0 atom stereocenters. The van der Waals surface area contributed by atoms with E-state index in [1.807, 2.05) is 65.5 Å². The topological polar surface area (TPSA) is 63.1 Å². The summed E-state index contributed by atoms with van der Waals surface area (Å²) in [6.07, 6.45) is 6.47. The fourth-order valence-corrected chi connectivity index (χ4v) is 3.01. The van der Waals surface area contributed by atoms with Gasteiger partial charge < -0.3 is 15.2 Å². The van der Waals surface area contributed by atoms with Gasteiger partial charge >= 0.3 is 0 Å². The highest BCUT2D eigenvalue weighted by Gasteiger charge is 2.23. The van der Waals surface area contributed by atoms with E-state index in [1.54, 1.807) is 12.1 Å². The number of aromatic nitrogens is 1. The predicted molar refractivity (Wildman–Crippen MR) is 108 cm³/mol. The fraction of sp³-hybridized carbons (Fsp3) is 0.217. The van der Waals surface area contributed by atoms with Crippen LogP contribution in [0.5, 0.6) is 0 Å². The van der Waals surface area contributed by atoms with Gasteiger partial charge in [-0.1, -0.05) is 24.3 Å². The molecule has 2 aromatic carbocycles. The normalized spacial score (nSPS) is 13.1. The number of nitrogens with one attached hydrogen (secondary N) is 2. The van der Waals surface area contributed by atoms with Crippen molar-refractivity contribution in [3.05, 3.63) is 89.7 Å². The largest absolute Gasteiger partial charge is 0.352 e. The SMILES string of the molecule is O=C(Cc1ccc(-n2cccc2)cc1)NCc1ccc(C(=O)NC2CC2)cc1. The van der Waals surface area contributed by atoms with Crippen LogP contribution in [0.4, 0.5) is 0 Å². The van der Waals surface area contributed by atoms with Crippen LogP contribution in [0.1, 0.15) is 34.3 Å². The first-order valence-corrected chi connectivity index (χ1v) is 9.56. The van der Waals surface area contributed by atoms with E-state index >= 15 is 0 Å². The first-order chi connectivity index (χ1) is 13.7. The number of nitrogens with zero attached hydrogens (tertiary/aromatic N) is 1. The van der Waals surface area contributed by atoms with Gasteiger partial charge in [0.25, 0.3) is 5.91 Å². The molecule has 1 fully saturated rings. The molecule has 2 N–H and O–H groups in total. The van der Waals surface area contributed by atoms with Crippen molar-refractivity contribution in [1.29, 1.82) is 0 Å². The van der Waals surface area contributed by atoms with Gasteiger partial charge in [-0.25, -0.2) is 0 Å². The Kier molecular flexibility index (Phi) is 5.24. The van der Waals surface area contributed by atoms with Crippen molar-refractivity contribution < 1.29 is 9.59 Å². The van der Waals surface area contributed by atoms with Crippen molar-refractivity contribution in [3.63, 3.8) is 0 Å². The predicted octanol–water partition coefficient (Wildman–Crippen LogP) is 3.23. The molecular weight excluding hydrogens is 350 g/mol. The molecule has 0 aliphatic heterocycles. The highest BCUT2D eigenvalue weighted by molar-refractivity contribution is 5.94. The molecule has 0 bridgehead atoms. The highest BCUT2D eigenvalue weighted by atomic mass is 16.2. The number of carbonyl (C=O) groups excluding carboxylic acids is 2. The first-order valence-electron chi connectivity index (χ1n) is 9.56. The average molecular weight is 373 g/mol. The van der Waals surface area contributed by atoms with Crippen molar-refractivity contribution in [2.75, 3.05) is 0 Å². The second-order valence-electron chi connectivity index (χ2n) is 7.15. The van der Waals surface area contributed by atoms with Crippen LogP contribution in [0.25, 0.3) is 5.69 Å². The van der Waals surface area contributed by atoms with Gasteiger partial charge in [0.15, 0.2) is 0 Å². The van der Waals surface area contributed by atoms with E-state index in [4.69, 9.17) is 0 Å². The Morgan fingerprint density at radius 1 is 0.893 bits per heavy atom. The van der Waals surface area contributed by atoms with Gasteiger partial charge in [-0.15, -0.1) is 0 Å². The van der Waals surface area contributed by atoms with Gasteiger partial charge in [0.1, 0.15) is 0 Å². The molecule has 0 saturated heterocycles. The summed E-state index contributed by atoms with van der Waals surface area (Å²) in [6, 6.07) is 19.6. The summed E-state index contributed by atoms with van der Waals surface area (Å²) in [7, 11) is 0. The van der Waals surface area contributed by atoms with E-state index in [0.29, 0.717) is 24.6 Å². The number of hydrogen-bond donors (Lipinski definition) is 2. The summed E-state index contributed by atoms with van der Waals surface area (Å²) in [5.41, 5.74) is 3.67. The minimum absolute atomic E-state index is 0.0238. The Bertz CT molecular complexity index is 941. The van der Waals surface area contributed by atoms with Gasteiger partial charge in [-0.3, -0.25) is 9.59 Å². The molecule has 5 nitrogen and oxygen atoms in total. The van der Waals surface area contributed by atoms with Gasteiger partial charge in [-0.2, -0.15) is 0 Å². The van der Waals surface area contributed by atoms with Crippen molar-refractivity contribution in [3.8, 4) is 5.69 Å². The maximum Gasteiger partial charge on any atom is 0.251 e. The molecule has 1 aliphatic carbocycles. The van der Waals surface area contributed by atoms with Crippen LogP contribution in [-0.4, -0.2) is 22.4 Å². The molecule has 5 heteroatoms. The van der Waals surface area contributed by atoms with E-state index < -0.39 is 0 Å². The number of benzene rings is 2. The van der Waals surface area contributed by atoms with E-state index in [-0.39, 0.29) is 11.8 Å². The number of rotatable bonds is 7. The summed E-state index contributed by atoms with van der Waals surface area (Å²) in [5.74, 6) is -0.0503.